The van der Waals surface area contributed by atoms with Crippen LogP contribution in [0.1, 0.15) is 61.3 Å². The number of nitrogens with zero attached hydrogens (tertiary/aromatic N) is 2. The molecule has 0 spiro atoms. The first-order valence-corrected chi connectivity index (χ1v) is 16.4. The van der Waals surface area contributed by atoms with Gasteiger partial charge in [0.1, 0.15) is 31.2 Å². The summed E-state index contributed by atoms with van der Waals surface area (Å²) in [6.07, 6.45) is 0.716. The Morgan fingerprint density at radius 2 is 1.73 bits per heavy atom. The van der Waals surface area contributed by atoms with Crippen LogP contribution < -0.4 is 19.5 Å². The molecule has 1 aliphatic heterocycles. The summed E-state index contributed by atoms with van der Waals surface area (Å²) >= 11 is 0. The summed E-state index contributed by atoms with van der Waals surface area (Å²) in [4.78, 5) is 19.5. The predicted molar refractivity (Wildman–Crippen MR) is 177 cm³/mol. The van der Waals surface area contributed by atoms with E-state index in [9.17, 15) is 23.1 Å². The number of pyridine rings is 1. The zero-order valence-corrected chi connectivity index (χ0v) is 27.3. The molecule has 1 unspecified atom stereocenters. The number of carbonyl (C=O) groups excluding carboxylic acids is 1. The minimum Gasteiger partial charge on any atom is -0.493 e. The van der Waals surface area contributed by atoms with Gasteiger partial charge >= 0.3 is 6.18 Å². The van der Waals surface area contributed by atoms with Gasteiger partial charge in [-0.25, -0.2) is 0 Å². The van der Waals surface area contributed by atoms with Crippen LogP contribution in [0.2, 0.25) is 0 Å². The standard InChI is InChI=1S/C37H42F3N3O5/c1-3-36(41-2,28-16-17-31-32(23-28)47-21-20-46-31)35(45)43(25-44)18-9-4-5-10-19-48-34-27(22-26-12-7-6-8-13-26)24-42-33-29(34)14-11-15-30(33)37(38,39)40/h6-8,11-17,23-24,41,44H,3-5,9-10,18-22,25H2,1-2H3. The number of aliphatic hydroxyl groups excluding tert-OH is 1. The van der Waals surface area contributed by atoms with Gasteiger partial charge in [-0.2, -0.15) is 13.2 Å². The number of amides is 1. The SMILES string of the molecule is CCC(NC)(C(=O)N(CO)CCCCCCOc1c(Cc2ccccc2)cnc2c(C(F)(F)F)cccc12)c1ccc2c(c1)OCCO2. The zero-order valence-electron chi connectivity index (χ0n) is 27.3. The van der Waals surface area contributed by atoms with Crippen molar-refractivity contribution in [3.63, 3.8) is 0 Å². The molecule has 1 atom stereocenters. The molecular formula is C37H42F3N3O5. The van der Waals surface area contributed by atoms with Crippen LogP contribution in [-0.2, 0) is 22.9 Å². The van der Waals surface area contributed by atoms with E-state index in [0.717, 1.165) is 30.0 Å². The highest BCUT2D eigenvalue weighted by atomic mass is 19.4. The molecule has 0 saturated carbocycles. The van der Waals surface area contributed by atoms with Crippen LogP contribution in [0.25, 0.3) is 10.9 Å². The molecule has 4 aromatic rings. The number of unbranched alkanes of at least 4 members (excludes halogenated alkanes) is 3. The lowest BCUT2D eigenvalue weighted by Crippen LogP contribution is -2.54. The fourth-order valence-electron chi connectivity index (χ4n) is 6.24. The maximum atomic E-state index is 13.8. The second-order valence-corrected chi connectivity index (χ2v) is 11.8. The molecule has 1 amide bonds. The Bertz CT molecular complexity index is 1680. The molecule has 1 aromatic heterocycles. The zero-order chi connectivity index (χ0) is 34.1. The third-order valence-corrected chi connectivity index (χ3v) is 8.85. The highest BCUT2D eigenvalue weighted by Gasteiger charge is 2.40. The van der Waals surface area contributed by atoms with E-state index in [1.807, 2.05) is 49.4 Å². The molecule has 2 heterocycles. The lowest BCUT2D eigenvalue weighted by Gasteiger charge is -2.36. The summed E-state index contributed by atoms with van der Waals surface area (Å²) in [6.45, 7) is 3.07. The monoisotopic (exact) mass is 665 g/mol. The van der Waals surface area contributed by atoms with Gasteiger partial charge in [-0.05, 0) is 61.7 Å². The summed E-state index contributed by atoms with van der Waals surface area (Å²) in [5.41, 5.74) is 0.466. The number of fused-ring (bicyclic) bond motifs is 2. The highest BCUT2D eigenvalue weighted by Crippen LogP contribution is 2.39. The number of aromatic nitrogens is 1. The van der Waals surface area contributed by atoms with Gasteiger partial charge in [0.05, 0.1) is 17.7 Å². The van der Waals surface area contributed by atoms with Crippen LogP contribution >= 0.6 is 0 Å². The summed E-state index contributed by atoms with van der Waals surface area (Å²) in [7, 11) is 1.73. The van der Waals surface area contributed by atoms with E-state index in [1.165, 1.54) is 17.2 Å². The quantitative estimate of drug-likeness (QED) is 0.106. The van der Waals surface area contributed by atoms with Crippen LogP contribution in [0, 0.1) is 0 Å². The first-order chi connectivity index (χ1) is 23.2. The van der Waals surface area contributed by atoms with Crippen molar-refractivity contribution in [1.82, 2.24) is 15.2 Å². The lowest BCUT2D eigenvalue weighted by atomic mass is 9.85. The van der Waals surface area contributed by atoms with Gasteiger partial charge in [0.25, 0.3) is 0 Å². The number of ether oxygens (including phenoxy) is 3. The molecule has 256 valence electrons. The Morgan fingerprint density at radius 3 is 2.44 bits per heavy atom. The van der Waals surface area contributed by atoms with Gasteiger partial charge in [-0.3, -0.25) is 9.78 Å². The van der Waals surface area contributed by atoms with Gasteiger partial charge in [0.2, 0.25) is 5.91 Å². The maximum Gasteiger partial charge on any atom is 0.418 e. The van der Waals surface area contributed by atoms with Gasteiger partial charge in [-0.1, -0.05) is 62.2 Å². The Labute approximate surface area is 278 Å². The molecule has 5 rings (SSSR count). The number of alkyl halides is 3. The Kier molecular flexibility index (Phi) is 11.4. The molecule has 0 radical (unpaired) electrons. The normalized spacial score (nSPS) is 14.0. The third kappa shape index (κ3) is 7.68. The fraction of sp³-hybridized carbons (Fsp3) is 0.405. The summed E-state index contributed by atoms with van der Waals surface area (Å²) < 4.78 is 58.9. The number of carbonyl (C=O) groups is 1. The first-order valence-electron chi connectivity index (χ1n) is 16.4. The van der Waals surface area contributed by atoms with Crippen molar-refractivity contribution >= 4 is 16.8 Å². The molecule has 0 saturated heterocycles. The fourth-order valence-corrected chi connectivity index (χ4v) is 6.24. The van der Waals surface area contributed by atoms with Crippen molar-refractivity contribution in [1.29, 1.82) is 0 Å². The van der Waals surface area contributed by atoms with E-state index in [4.69, 9.17) is 14.2 Å². The van der Waals surface area contributed by atoms with Gasteiger partial charge in [0, 0.05) is 30.1 Å². The molecule has 8 nitrogen and oxygen atoms in total. The molecule has 11 heteroatoms. The molecule has 1 aliphatic rings. The second-order valence-electron chi connectivity index (χ2n) is 11.8. The predicted octanol–water partition coefficient (Wildman–Crippen LogP) is 6.86. The average molecular weight is 666 g/mol. The minimum absolute atomic E-state index is 0.133. The molecule has 2 N–H and O–H groups in total. The van der Waals surface area contributed by atoms with E-state index >= 15 is 0 Å². The Morgan fingerprint density at radius 1 is 0.979 bits per heavy atom. The maximum absolute atomic E-state index is 13.8. The van der Waals surface area contributed by atoms with Crippen molar-refractivity contribution in [2.75, 3.05) is 40.1 Å². The highest BCUT2D eigenvalue weighted by molar-refractivity contribution is 5.89. The van der Waals surface area contributed by atoms with Crippen LogP contribution in [0.15, 0.2) is 72.9 Å². The smallest absolute Gasteiger partial charge is 0.418 e. The second kappa shape index (κ2) is 15.7. The van der Waals surface area contributed by atoms with Crippen molar-refractivity contribution in [2.24, 2.45) is 0 Å². The molecule has 0 aliphatic carbocycles. The minimum atomic E-state index is -4.54. The van der Waals surface area contributed by atoms with E-state index in [1.54, 1.807) is 19.2 Å². The van der Waals surface area contributed by atoms with Crippen LogP contribution in [0.5, 0.6) is 17.2 Å². The summed E-state index contributed by atoms with van der Waals surface area (Å²) in [5, 5.41) is 13.7. The molecule has 48 heavy (non-hydrogen) atoms. The number of hydrogen-bond donors (Lipinski definition) is 2. The van der Waals surface area contributed by atoms with Gasteiger partial charge in [0.15, 0.2) is 11.5 Å². The van der Waals surface area contributed by atoms with Crippen molar-refractivity contribution in [3.05, 3.63) is 95.2 Å². The number of para-hydroxylation sites is 1. The number of hydrogen-bond acceptors (Lipinski definition) is 7. The van der Waals surface area contributed by atoms with Gasteiger partial charge < -0.3 is 29.5 Å². The lowest BCUT2D eigenvalue weighted by molar-refractivity contribution is -0.143. The summed E-state index contributed by atoms with van der Waals surface area (Å²) in [5.74, 6) is 1.40. The van der Waals surface area contributed by atoms with Crippen molar-refractivity contribution in [2.45, 2.75) is 57.2 Å². The van der Waals surface area contributed by atoms with E-state index in [0.29, 0.717) is 80.2 Å². The third-order valence-electron chi connectivity index (χ3n) is 8.85. The largest absolute Gasteiger partial charge is 0.493 e. The average Bonchev–Trinajstić information content (AvgIpc) is 3.10. The Hall–Kier alpha value is -4.35. The van der Waals surface area contributed by atoms with Crippen molar-refractivity contribution in [3.8, 4) is 17.2 Å². The molecule has 0 bridgehead atoms. The number of nitrogens with one attached hydrogen (secondary N) is 1. The number of benzene rings is 3. The summed E-state index contributed by atoms with van der Waals surface area (Å²) in [6, 6.07) is 19.2. The molecule has 3 aromatic carbocycles. The van der Waals surface area contributed by atoms with Gasteiger partial charge in [-0.15, -0.1) is 0 Å². The van der Waals surface area contributed by atoms with E-state index in [-0.39, 0.29) is 11.4 Å². The molecular weight excluding hydrogens is 623 g/mol. The Balaban J connectivity index is 1.20. The number of halogens is 3. The number of aliphatic hydroxyl groups is 1. The van der Waals surface area contributed by atoms with E-state index in [2.05, 4.69) is 10.3 Å². The van der Waals surface area contributed by atoms with Crippen LogP contribution in [0.3, 0.4) is 0 Å². The van der Waals surface area contributed by atoms with Crippen molar-refractivity contribution < 1.29 is 37.3 Å². The van der Waals surface area contributed by atoms with E-state index < -0.39 is 24.0 Å². The first kappa shape index (κ1) is 35.0. The topological polar surface area (TPSA) is 93.2 Å². The van der Waals surface area contributed by atoms with Crippen LogP contribution in [0.4, 0.5) is 13.2 Å². The molecule has 0 fully saturated rings. The number of likely N-dealkylation sites (N-methyl/N-ethyl adjacent to an activating group) is 1. The number of rotatable bonds is 15. The van der Waals surface area contributed by atoms with Crippen LogP contribution in [-0.4, -0.2) is 61.0 Å².